The molecule has 0 aliphatic heterocycles. The van der Waals surface area contributed by atoms with Gasteiger partial charge in [-0.3, -0.25) is 5.32 Å². The van der Waals surface area contributed by atoms with Crippen LogP contribution in [0.1, 0.15) is 0 Å². The number of rotatable bonds is 3. The quantitative estimate of drug-likeness (QED) is 0.752. The molecule has 1 amide bonds. The van der Waals surface area contributed by atoms with E-state index in [1.165, 1.54) is 25.3 Å². The molecule has 0 aliphatic carbocycles. The third-order valence-electron chi connectivity index (χ3n) is 2.78. The van der Waals surface area contributed by atoms with Crippen molar-refractivity contribution in [1.29, 1.82) is 0 Å². The standard InChI is InChI=1S/C14H13FN2O3/c1-20-12-4-2-3-9(15)13(12)8-5-6-11(10(16)7-8)17-14(18)19/h2-7,17H,16H2,1H3,(H,18,19). The van der Waals surface area contributed by atoms with Gasteiger partial charge in [-0.25, -0.2) is 9.18 Å². The van der Waals surface area contributed by atoms with Crippen LogP contribution in [0.5, 0.6) is 5.75 Å². The Morgan fingerprint density at radius 3 is 2.70 bits per heavy atom. The number of nitrogens with one attached hydrogen (secondary N) is 1. The fraction of sp³-hybridized carbons (Fsp3) is 0.0714. The van der Waals surface area contributed by atoms with E-state index in [4.69, 9.17) is 15.6 Å². The lowest BCUT2D eigenvalue weighted by Crippen LogP contribution is -2.09. The van der Waals surface area contributed by atoms with E-state index in [-0.39, 0.29) is 16.9 Å². The average Bonchev–Trinajstić information content (AvgIpc) is 2.40. The highest BCUT2D eigenvalue weighted by atomic mass is 19.1. The summed E-state index contributed by atoms with van der Waals surface area (Å²) in [4.78, 5) is 10.6. The van der Waals surface area contributed by atoms with Gasteiger partial charge in [-0.2, -0.15) is 0 Å². The number of carboxylic acid groups (broad SMARTS) is 1. The van der Waals surface area contributed by atoms with Gasteiger partial charge >= 0.3 is 6.09 Å². The number of halogens is 1. The third kappa shape index (κ3) is 2.64. The summed E-state index contributed by atoms with van der Waals surface area (Å²) in [6, 6.07) is 9.04. The van der Waals surface area contributed by atoms with E-state index in [1.54, 1.807) is 18.2 Å². The van der Waals surface area contributed by atoms with E-state index >= 15 is 0 Å². The van der Waals surface area contributed by atoms with Crippen molar-refractivity contribution in [2.24, 2.45) is 0 Å². The van der Waals surface area contributed by atoms with Crippen LogP contribution in [0.3, 0.4) is 0 Å². The molecule has 2 aromatic rings. The Balaban J connectivity index is 2.49. The van der Waals surface area contributed by atoms with Crippen LogP contribution in [-0.2, 0) is 0 Å². The van der Waals surface area contributed by atoms with E-state index in [0.717, 1.165) is 0 Å². The van der Waals surface area contributed by atoms with E-state index < -0.39 is 11.9 Å². The van der Waals surface area contributed by atoms with Crippen LogP contribution >= 0.6 is 0 Å². The van der Waals surface area contributed by atoms with Gasteiger partial charge in [0.15, 0.2) is 0 Å². The molecule has 104 valence electrons. The van der Waals surface area contributed by atoms with Gasteiger partial charge in [-0.05, 0) is 29.8 Å². The van der Waals surface area contributed by atoms with Gasteiger partial charge in [0.2, 0.25) is 0 Å². The van der Waals surface area contributed by atoms with Crippen LogP contribution in [0.2, 0.25) is 0 Å². The summed E-state index contributed by atoms with van der Waals surface area (Å²) in [7, 11) is 1.45. The van der Waals surface area contributed by atoms with Crippen LogP contribution in [0.25, 0.3) is 11.1 Å². The van der Waals surface area contributed by atoms with Crippen LogP contribution in [0, 0.1) is 5.82 Å². The molecule has 0 aromatic heterocycles. The minimum Gasteiger partial charge on any atom is -0.496 e. The summed E-state index contributed by atoms with van der Waals surface area (Å²) in [5, 5.41) is 10.8. The molecule has 0 fully saturated rings. The van der Waals surface area contributed by atoms with Crippen LogP contribution in [-0.4, -0.2) is 18.3 Å². The first-order valence-electron chi connectivity index (χ1n) is 5.75. The maximum Gasteiger partial charge on any atom is 0.409 e. The highest BCUT2D eigenvalue weighted by Gasteiger charge is 2.13. The topological polar surface area (TPSA) is 84.6 Å². The molecule has 0 bridgehead atoms. The van der Waals surface area contributed by atoms with Crippen molar-refractivity contribution in [2.45, 2.75) is 0 Å². The second-order valence-corrected chi connectivity index (χ2v) is 4.05. The van der Waals surface area contributed by atoms with Crippen molar-refractivity contribution in [3.8, 4) is 16.9 Å². The molecule has 6 heteroatoms. The lowest BCUT2D eigenvalue weighted by Gasteiger charge is -2.12. The Morgan fingerprint density at radius 2 is 2.10 bits per heavy atom. The third-order valence-corrected chi connectivity index (χ3v) is 2.78. The zero-order chi connectivity index (χ0) is 14.7. The van der Waals surface area contributed by atoms with Gasteiger partial charge in [0, 0.05) is 0 Å². The average molecular weight is 276 g/mol. The van der Waals surface area contributed by atoms with Crippen molar-refractivity contribution in [3.05, 3.63) is 42.2 Å². The highest BCUT2D eigenvalue weighted by molar-refractivity contribution is 5.89. The number of methoxy groups -OCH3 is 1. The van der Waals surface area contributed by atoms with Gasteiger partial charge in [-0.15, -0.1) is 0 Å². The van der Waals surface area contributed by atoms with E-state index in [0.29, 0.717) is 11.3 Å². The molecule has 0 spiro atoms. The molecule has 0 saturated carbocycles. The summed E-state index contributed by atoms with van der Waals surface area (Å²) in [6.07, 6.45) is -1.21. The fourth-order valence-electron chi connectivity index (χ4n) is 1.90. The minimum absolute atomic E-state index is 0.204. The smallest absolute Gasteiger partial charge is 0.409 e. The zero-order valence-corrected chi connectivity index (χ0v) is 10.7. The SMILES string of the molecule is COc1cccc(F)c1-c1ccc(NC(=O)O)c(N)c1. The summed E-state index contributed by atoms with van der Waals surface area (Å²) in [5.74, 6) is -0.0639. The first kappa shape index (κ1) is 13.7. The molecule has 2 aromatic carbocycles. The van der Waals surface area contributed by atoms with Gasteiger partial charge in [0.1, 0.15) is 11.6 Å². The van der Waals surface area contributed by atoms with Gasteiger partial charge in [0.25, 0.3) is 0 Å². The number of hydrogen-bond donors (Lipinski definition) is 3. The van der Waals surface area contributed by atoms with Crippen molar-refractivity contribution >= 4 is 17.5 Å². The van der Waals surface area contributed by atoms with E-state index in [1.807, 2.05) is 0 Å². The first-order chi connectivity index (χ1) is 9.52. The van der Waals surface area contributed by atoms with Gasteiger partial charge in [0.05, 0.1) is 24.0 Å². The van der Waals surface area contributed by atoms with Crippen molar-refractivity contribution < 1.29 is 19.0 Å². The minimum atomic E-state index is -1.21. The molecule has 0 radical (unpaired) electrons. The summed E-state index contributed by atoms with van der Waals surface area (Å²) < 4.78 is 19.1. The molecule has 0 heterocycles. The number of nitrogens with two attached hydrogens (primary N) is 1. The fourth-order valence-corrected chi connectivity index (χ4v) is 1.90. The molecular formula is C14H13FN2O3. The lowest BCUT2D eigenvalue weighted by atomic mass is 10.0. The molecular weight excluding hydrogens is 263 g/mol. The maximum atomic E-state index is 13.9. The van der Waals surface area contributed by atoms with Gasteiger partial charge in [-0.1, -0.05) is 12.1 Å². The molecule has 0 unspecified atom stereocenters. The first-order valence-corrected chi connectivity index (χ1v) is 5.75. The number of amides is 1. The molecule has 0 saturated heterocycles. The number of benzene rings is 2. The Kier molecular flexibility index (Phi) is 3.74. The molecule has 5 nitrogen and oxygen atoms in total. The van der Waals surface area contributed by atoms with Crippen molar-refractivity contribution in [3.63, 3.8) is 0 Å². The number of anilines is 2. The molecule has 20 heavy (non-hydrogen) atoms. The Morgan fingerprint density at radius 1 is 1.35 bits per heavy atom. The Hall–Kier alpha value is -2.76. The molecule has 0 atom stereocenters. The monoisotopic (exact) mass is 276 g/mol. The van der Waals surface area contributed by atoms with Crippen LogP contribution < -0.4 is 15.8 Å². The zero-order valence-electron chi connectivity index (χ0n) is 10.7. The number of nitrogen functional groups attached to an aromatic ring is 1. The van der Waals surface area contributed by atoms with Crippen molar-refractivity contribution in [2.75, 3.05) is 18.2 Å². The van der Waals surface area contributed by atoms with Crippen molar-refractivity contribution in [1.82, 2.24) is 0 Å². The highest BCUT2D eigenvalue weighted by Crippen LogP contribution is 2.35. The van der Waals surface area contributed by atoms with Gasteiger partial charge < -0.3 is 15.6 Å². The summed E-state index contributed by atoms with van der Waals surface area (Å²) >= 11 is 0. The number of hydrogen-bond acceptors (Lipinski definition) is 3. The Bertz CT molecular complexity index is 659. The largest absolute Gasteiger partial charge is 0.496 e. The lowest BCUT2D eigenvalue weighted by molar-refractivity contribution is 0.210. The maximum absolute atomic E-state index is 13.9. The van der Waals surface area contributed by atoms with E-state index in [9.17, 15) is 9.18 Å². The number of ether oxygens (including phenoxy) is 1. The Labute approximate surface area is 114 Å². The molecule has 4 N–H and O–H groups in total. The number of carbonyl (C=O) groups is 1. The predicted molar refractivity (Wildman–Crippen MR) is 74.4 cm³/mol. The van der Waals surface area contributed by atoms with E-state index in [2.05, 4.69) is 5.32 Å². The predicted octanol–water partition coefficient (Wildman–Crippen LogP) is 3.17. The van der Waals surface area contributed by atoms with Crippen LogP contribution in [0.4, 0.5) is 20.6 Å². The second kappa shape index (κ2) is 5.48. The normalized spacial score (nSPS) is 10.1. The summed E-state index contributed by atoms with van der Waals surface area (Å²) in [6.45, 7) is 0. The molecule has 0 aliphatic rings. The second-order valence-electron chi connectivity index (χ2n) is 4.05. The van der Waals surface area contributed by atoms with Crippen LogP contribution in [0.15, 0.2) is 36.4 Å². The molecule has 2 rings (SSSR count). The summed E-state index contributed by atoms with van der Waals surface area (Å²) in [5.41, 5.74) is 7.00.